The summed E-state index contributed by atoms with van der Waals surface area (Å²) in [5, 5.41) is 20.9. The molecule has 0 saturated carbocycles. The first kappa shape index (κ1) is 12.5. The molecule has 1 saturated heterocycles. The summed E-state index contributed by atoms with van der Waals surface area (Å²) in [7, 11) is 0. The highest BCUT2D eigenvalue weighted by molar-refractivity contribution is 5.90. The fourth-order valence-corrected chi connectivity index (χ4v) is 2.00. The summed E-state index contributed by atoms with van der Waals surface area (Å²) in [5.41, 5.74) is 2.56. The second kappa shape index (κ2) is 5.59. The molecular weight excluding hydrogens is 234 g/mol. The van der Waals surface area contributed by atoms with Crippen LogP contribution in [0.1, 0.15) is 19.3 Å². The number of benzene rings is 1. The third-order valence-electron chi connectivity index (χ3n) is 3.01. The van der Waals surface area contributed by atoms with Gasteiger partial charge >= 0.3 is 6.03 Å². The average Bonchev–Trinajstić information content (AvgIpc) is 2.42. The van der Waals surface area contributed by atoms with Crippen LogP contribution in [0.5, 0.6) is 5.75 Å². The largest absolute Gasteiger partial charge is 0.506 e. The smallest absolute Gasteiger partial charge is 0.321 e. The molecule has 0 spiro atoms. The molecule has 1 aliphatic rings. The zero-order valence-electron chi connectivity index (χ0n) is 10.0. The predicted molar refractivity (Wildman–Crippen MR) is 68.0 cm³/mol. The van der Waals surface area contributed by atoms with Gasteiger partial charge in [0.05, 0.1) is 0 Å². The molecule has 6 nitrogen and oxygen atoms in total. The van der Waals surface area contributed by atoms with Crippen LogP contribution in [0.15, 0.2) is 18.2 Å². The Morgan fingerprint density at radius 1 is 1.22 bits per heavy atom. The van der Waals surface area contributed by atoms with Crippen LogP contribution < -0.4 is 10.8 Å². The number of nitrogens with one attached hydrogen (secondary N) is 2. The van der Waals surface area contributed by atoms with Gasteiger partial charge in [-0.1, -0.05) is 0 Å². The van der Waals surface area contributed by atoms with Crippen LogP contribution in [0, 0.1) is 0 Å². The number of phenolic OH excluding ortho intramolecular Hbond substituents is 1. The predicted octanol–water partition coefficient (Wildman–Crippen LogP) is 2.21. The molecule has 1 aromatic rings. The molecule has 1 aliphatic heterocycles. The first-order valence-electron chi connectivity index (χ1n) is 6.00. The standard InChI is InChI=1S/C12H17N3O3/c16-11-5-4-9(8-10(11)14-18)13-12(17)15-6-2-1-3-7-15/h4-5,8,14,16,18H,1-3,6-7H2,(H,13,17). The lowest BCUT2D eigenvalue weighted by molar-refractivity contribution is 0.200. The molecule has 0 aromatic heterocycles. The second-order valence-electron chi connectivity index (χ2n) is 4.32. The number of hydrogen-bond donors (Lipinski definition) is 4. The maximum absolute atomic E-state index is 11.9. The first-order valence-corrected chi connectivity index (χ1v) is 6.00. The summed E-state index contributed by atoms with van der Waals surface area (Å²) in [6.07, 6.45) is 3.24. The molecule has 6 heteroatoms. The van der Waals surface area contributed by atoms with E-state index in [4.69, 9.17) is 5.21 Å². The van der Waals surface area contributed by atoms with Gasteiger partial charge in [0.2, 0.25) is 0 Å². The molecule has 2 rings (SSSR count). The van der Waals surface area contributed by atoms with E-state index in [1.807, 2.05) is 5.48 Å². The number of amides is 2. The summed E-state index contributed by atoms with van der Waals surface area (Å²) in [5.74, 6) is -0.0755. The quantitative estimate of drug-likeness (QED) is 0.369. The molecule has 2 amide bonds. The topological polar surface area (TPSA) is 84.8 Å². The lowest BCUT2D eigenvalue weighted by Crippen LogP contribution is -2.38. The van der Waals surface area contributed by atoms with Crippen molar-refractivity contribution in [3.05, 3.63) is 18.2 Å². The zero-order chi connectivity index (χ0) is 13.0. The molecule has 0 radical (unpaired) electrons. The van der Waals surface area contributed by atoms with Crippen molar-refractivity contribution in [2.75, 3.05) is 23.9 Å². The normalized spacial score (nSPS) is 15.3. The number of rotatable bonds is 2. The Hall–Kier alpha value is -1.95. The van der Waals surface area contributed by atoms with Crippen molar-refractivity contribution < 1.29 is 15.1 Å². The number of anilines is 2. The number of nitrogens with zero attached hydrogens (tertiary/aromatic N) is 1. The van der Waals surface area contributed by atoms with Crippen LogP contribution in [0.4, 0.5) is 16.2 Å². The van der Waals surface area contributed by atoms with Gasteiger partial charge in [0.15, 0.2) is 0 Å². The summed E-state index contributed by atoms with van der Waals surface area (Å²) in [4.78, 5) is 13.7. The highest BCUT2D eigenvalue weighted by Crippen LogP contribution is 2.26. The minimum Gasteiger partial charge on any atom is -0.506 e. The Labute approximate surface area is 105 Å². The van der Waals surface area contributed by atoms with Gasteiger partial charge in [-0.15, -0.1) is 0 Å². The van der Waals surface area contributed by atoms with Gasteiger partial charge in [-0.05, 0) is 37.5 Å². The maximum atomic E-state index is 11.9. The van der Waals surface area contributed by atoms with Crippen LogP contribution in [0.3, 0.4) is 0 Å². The van der Waals surface area contributed by atoms with Gasteiger partial charge in [0, 0.05) is 18.8 Å². The SMILES string of the molecule is O=C(Nc1ccc(O)c(NO)c1)N1CCCCC1. The van der Waals surface area contributed by atoms with Gasteiger partial charge in [-0.25, -0.2) is 4.79 Å². The lowest BCUT2D eigenvalue weighted by atomic mass is 10.1. The van der Waals surface area contributed by atoms with Gasteiger partial charge in [0.1, 0.15) is 11.4 Å². The number of phenols is 1. The molecule has 1 aromatic carbocycles. The second-order valence-corrected chi connectivity index (χ2v) is 4.32. The minimum absolute atomic E-state index is 0.0755. The molecule has 0 bridgehead atoms. The lowest BCUT2D eigenvalue weighted by Gasteiger charge is -2.26. The van der Waals surface area contributed by atoms with Gasteiger partial charge in [-0.2, -0.15) is 0 Å². The van der Waals surface area contributed by atoms with Gasteiger partial charge in [0.25, 0.3) is 0 Å². The molecule has 1 heterocycles. The van der Waals surface area contributed by atoms with Crippen molar-refractivity contribution >= 4 is 17.4 Å². The Morgan fingerprint density at radius 2 is 1.94 bits per heavy atom. The van der Waals surface area contributed by atoms with Crippen LogP contribution in [-0.2, 0) is 0 Å². The van der Waals surface area contributed by atoms with Crippen molar-refractivity contribution in [3.63, 3.8) is 0 Å². The van der Waals surface area contributed by atoms with Gasteiger partial charge in [-0.3, -0.25) is 10.7 Å². The summed E-state index contributed by atoms with van der Waals surface area (Å²) in [6, 6.07) is 4.31. The fourth-order valence-electron chi connectivity index (χ4n) is 2.00. The first-order chi connectivity index (χ1) is 8.70. The number of hydrogen-bond acceptors (Lipinski definition) is 4. The molecule has 98 valence electrons. The Morgan fingerprint density at radius 3 is 2.61 bits per heavy atom. The Balaban J connectivity index is 2.02. The number of carbonyl (C=O) groups is 1. The summed E-state index contributed by atoms with van der Waals surface area (Å²) < 4.78 is 0. The van der Waals surface area contributed by atoms with Gasteiger partial charge < -0.3 is 15.3 Å². The molecule has 18 heavy (non-hydrogen) atoms. The third-order valence-corrected chi connectivity index (χ3v) is 3.01. The number of piperidine rings is 1. The number of aromatic hydroxyl groups is 1. The zero-order valence-corrected chi connectivity index (χ0v) is 10.0. The van der Waals surface area contributed by atoms with Crippen LogP contribution in [0.2, 0.25) is 0 Å². The molecule has 1 fully saturated rings. The van der Waals surface area contributed by atoms with Crippen molar-refractivity contribution in [1.29, 1.82) is 0 Å². The van der Waals surface area contributed by atoms with Crippen molar-refractivity contribution in [2.45, 2.75) is 19.3 Å². The van der Waals surface area contributed by atoms with E-state index < -0.39 is 0 Å². The minimum atomic E-state index is -0.149. The van der Waals surface area contributed by atoms with E-state index in [1.54, 1.807) is 11.0 Å². The summed E-state index contributed by atoms with van der Waals surface area (Å²) in [6.45, 7) is 1.55. The van der Waals surface area contributed by atoms with Crippen LogP contribution in [-0.4, -0.2) is 34.3 Å². The van der Waals surface area contributed by atoms with E-state index in [0.29, 0.717) is 5.69 Å². The Bertz CT molecular complexity index is 431. The highest BCUT2D eigenvalue weighted by atomic mass is 16.5. The molecule has 0 atom stereocenters. The highest BCUT2D eigenvalue weighted by Gasteiger charge is 2.16. The van der Waals surface area contributed by atoms with Crippen molar-refractivity contribution in [2.24, 2.45) is 0 Å². The number of likely N-dealkylation sites (tertiary alicyclic amines) is 1. The Kier molecular flexibility index (Phi) is 3.88. The third kappa shape index (κ3) is 2.84. The molecular formula is C12H17N3O3. The van der Waals surface area contributed by atoms with E-state index in [2.05, 4.69) is 5.32 Å². The summed E-state index contributed by atoms with van der Waals surface area (Å²) >= 11 is 0. The number of urea groups is 1. The molecule has 0 aliphatic carbocycles. The maximum Gasteiger partial charge on any atom is 0.321 e. The number of carbonyl (C=O) groups excluding carboxylic acids is 1. The van der Waals surface area contributed by atoms with E-state index in [1.165, 1.54) is 18.6 Å². The van der Waals surface area contributed by atoms with E-state index in [0.717, 1.165) is 25.9 Å². The van der Waals surface area contributed by atoms with E-state index in [9.17, 15) is 9.90 Å². The molecule has 4 N–H and O–H groups in total. The van der Waals surface area contributed by atoms with Crippen LogP contribution in [0.25, 0.3) is 0 Å². The fraction of sp³-hybridized carbons (Fsp3) is 0.417. The van der Waals surface area contributed by atoms with Crippen molar-refractivity contribution in [3.8, 4) is 5.75 Å². The van der Waals surface area contributed by atoms with Crippen LogP contribution >= 0.6 is 0 Å². The van der Waals surface area contributed by atoms with Crippen molar-refractivity contribution in [1.82, 2.24) is 4.90 Å². The van der Waals surface area contributed by atoms with E-state index in [-0.39, 0.29) is 17.5 Å². The molecule has 0 unspecified atom stereocenters. The average molecular weight is 251 g/mol. The monoisotopic (exact) mass is 251 g/mol. The van der Waals surface area contributed by atoms with E-state index >= 15 is 0 Å².